The van der Waals surface area contributed by atoms with Crippen molar-refractivity contribution in [2.45, 2.75) is 5.92 Å². The van der Waals surface area contributed by atoms with Gasteiger partial charge in [-0.05, 0) is 52.1 Å². The normalized spacial score (nSPS) is 12.2. The summed E-state index contributed by atoms with van der Waals surface area (Å²) in [6.45, 7) is 14.7. The molecule has 0 saturated carbocycles. The van der Waals surface area contributed by atoms with E-state index in [9.17, 15) is 0 Å². The van der Waals surface area contributed by atoms with Crippen molar-refractivity contribution < 1.29 is 0 Å². The van der Waals surface area contributed by atoms with Gasteiger partial charge in [-0.3, -0.25) is 0 Å². The smallest absolute Gasteiger partial charge is 0.177 e. The van der Waals surface area contributed by atoms with Gasteiger partial charge in [0, 0.05) is 11.6 Å². The van der Waals surface area contributed by atoms with Gasteiger partial charge >= 0.3 is 0 Å². The molecule has 0 saturated heterocycles. The largest absolute Gasteiger partial charge is 0.310 e. The first kappa shape index (κ1) is 21.4. The first-order valence-electron chi connectivity index (χ1n) is 11.8. The molecule has 1 heterocycles. The van der Waals surface area contributed by atoms with Crippen molar-refractivity contribution >= 4 is 28.4 Å². The van der Waals surface area contributed by atoms with Crippen LogP contribution in [0.4, 0.5) is 28.4 Å². The molecule has 168 valence electrons. The number of benzene rings is 5. The number of anilines is 3. The highest BCUT2D eigenvalue weighted by Gasteiger charge is 2.31. The summed E-state index contributed by atoms with van der Waals surface area (Å²) in [4.78, 5) is 9.40. The monoisotopic (exact) mass is 459 g/mol. The van der Waals surface area contributed by atoms with Crippen LogP contribution in [0.2, 0.25) is 0 Å². The lowest BCUT2D eigenvalue weighted by molar-refractivity contribution is 0.939. The molecule has 0 atom stereocenters. The number of hydrogen-bond acceptors (Lipinski definition) is 1. The fourth-order valence-corrected chi connectivity index (χ4v) is 5.14. The highest BCUT2D eigenvalue weighted by Crippen LogP contribution is 2.51. The molecule has 0 aliphatic carbocycles. The van der Waals surface area contributed by atoms with Gasteiger partial charge in [0.1, 0.15) is 0 Å². The Hall–Kier alpha value is -5.12. The number of para-hydroxylation sites is 2. The van der Waals surface area contributed by atoms with E-state index >= 15 is 0 Å². The van der Waals surface area contributed by atoms with Gasteiger partial charge in [0.05, 0.1) is 24.5 Å². The van der Waals surface area contributed by atoms with Gasteiger partial charge in [0.25, 0.3) is 0 Å². The fraction of sp³-hybridized carbons (Fsp3) is 0.0303. The maximum Gasteiger partial charge on any atom is 0.177 e. The van der Waals surface area contributed by atoms with Gasteiger partial charge in [-0.25, -0.2) is 9.69 Å². The van der Waals surface area contributed by atoms with Crippen molar-refractivity contribution in [2.24, 2.45) is 0 Å². The molecule has 6 rings (SSSR count). The second-order valence-corrected chi connectivity index (χ2v) is 8.81. The summed E-state index contributed by atoms with van der Waals surface area (Å²) in [7, 11) is 0. The van der Waals surface area contributed by atoms with Gasteiger partial charge in [-0.15, -0.1) is 0 Å². The maximum atomic E-state index is 7.37. The highest BCUT2D eigenvalue weighted by atomic mass is 15.2. The summed E-state index contributed by atoms with van der Waals surface area (Å²) in [6, 6.07) is 41.6. The SMILES string of the molecule is [C-]#[N+]c1cc([N+]#[C-])cc(-c2ccc(N3c4ccccc4C(c4ccccc4)c4ccccc43)cc2)c1. The second-order valence-electron chi connectivity index (χ2n) is 8.81. The predicted octanol–water partition coefficient (Wildman–Crippen LogP) is 9.42. The topological polar surface area (TPSA) is 12.0 Å². The molecule has 0 amide bonds. The molecule has 3 heteroatoms. The molecule has 5 aromatic rings. The van der Waals surface area contributed by atoms with Crippen molar-refractivity contribution in [3.05, 3.63) is 161 Å². The molecule has 0 aromatic heterocycles. The Bertz CT molecular complexity index is 1570. The zero-order valence-electron chi connectivity index (χ0n) is 19.5. The summed E-state index contributed by atoms with van der Waals surface area (Å²) in [5.74, 6) is 0.164. The third-order valence-corrected chi connectivity index (χ3v) is 6.73. The lowest BCUT2D eigenvalue weighted by atomic mass is 9.80. The molecule has 0 N–H and O–H groups in total. The molecule has 1 aliphatic heterocycles. The minimum atomic E-state index is 0.164. The van der Waals surface area contributed by atoms with E-state index < -0.39 is 0 Å². The number of fused-ring (bicyclic) bond motifs is 2. The van der Waals surface area contributed by atoms with Crippen LogP contribution < -0.4 is 4.90 Å². The van der Waals surface area contributed by atoms with Crippen molar-refractivity contribution in [3.63, 3.8) is 0 Å². The van der Waals surface area contributed by atoms with Crippen LogP contribution in [0.3, 0.4) is 0 Å². The zero-order valence-corrected chi connectivity index (χ0v) is 19.5. The van der Waals surface area contributed by atoms with Gasteiger partial charge in [-0.2, -0.15) is 0 Å². The van der Waals surface area contributed by atoms with Crippen LogP contribution in [0.25, 0.3) is 20.8 Å². The Labute approximate surface area is 211 Å². The Morgan fingerprint density at radius 1 is 0.528 bits per heavy atom. The average molecular weight is 460 g/mol. The molecule has 0 unspecified atom stereocenters. The van der Waals surface area contributed by atoms with Crippen LogP contribution in [0.15, 0.2) is 121 Å². The molecule has 36 heavy (non-hydrogen) atoms. The molecule has 3 nitrogen and oxygen atoms in total. The predicted molar refractivity (Wildman–Crippen MR) is 146 cm³/mol. The molecular weight excluding hydrogens is 438 g/mol. The molecule has 0 fully saturated rings. The van der Waals surface area contributed by atoms with Crippen LogP contribution in [0.1, 0.15) is 22.6 Å². The van der Waals surface area contributed by atoms with E-state index in [0.29, 0.717) is 11.4 Å². The molecule has 1 aliphatic rings. The second kappa shape index (κ2) is 8.91. The van der Waals surface area contributed by atoms with Crippen LogP contribution in [0.5, 0.6) is 0 Å². The van der Waals surface area contributed by atoms with Crippen LogP contribution in [-0.4, -0.2) is 0 Å². The summed E-state index contributed by atoms with van der Waals surface area (Å²) in [5.41, 5.74) is 10.1. The Kier molecular flexibility index (Phi) is 5.30. The van der Waals surface area contributed by atoms with Gasteiger partial charge in [0.15, 0.2) is 11.4 Å². The number of rotatable bonds is 3. The molecular formula is C33H21N3. The average Bonchev–Trinajstić information content (AvgIpc) is 2.96. The Morgan fingerprint density at radius 3 is 1.61 bits per heavy atom. The number of nitrogens with zero attached hydrogens (tertiary/aromatic N) is 3. The van der Waals surface area contributed by atoms with Gasteiger partial charge < -0.3 is 4.90 Å². The van der Waals surface area contributed by atoms with Crippen LogP contribution in [0, 0.1) is 13.1 Å². The summed E-state index contributed by atoms with van der Waals surface area (Å²) < 4.78 is 0. The standard InChI is InChI=1S/C33H21N3/c1-34-26-20-25(21-27(22-26)35-2)23-16-18-28(19-17-23)36-31-14-8-6-12-29(31)33(24-10-4-3-5-11-24)30-13-7-9-15-32(30)36/h3-22,33H. The minimum absolute atomic E-state index is 0.164. The van der Waals surface area contributed by atoms with E-state index in [1.165, 1.54) is 28.1 Å². The van der Waals surface area contributed by atoms with E-state index in [0.717, 1.165) is 16.8 Å². The van der Waals surface area contributed by atoms with Crippen LogP contribution >= 0.6 is 0 Å². The van der Waals surface area contributed by atoms with E-state index in [2.05, 4.69) is 118 Å². The highest BCUT2D eigenvalue weighted by molar-refractivity contribution is 5.86. The summed E-state index contributed by atoms with van der Waals surface area (Å²) >= 11 is 0. The van der Waals surface area contributed by atoms with Crippen molar-refractivity contribution in [2.75, 3.05) is 4.90 Å². The molecule has 5 aromatic carbocycles. The minimum Gasteiger partial charge on any atom is -0.310 e. The summed E-state index contributed by atoms with van der Waals surface area (Å²) in [5, 5.41) is 0. The first-order valence-corrected chi connectivity index (χ1v) is 11.8. The third-order valence-electron chi connectivity index (χ3n) is 6.73. The van der Waals surface area contributed by atoms with Crippen molar-refractivity contribution in [1.82, 2.24) is 0 Å². The maximum absolute atomic E-state index is 7.37. The summed E-state index contributed by atoms with van der Waals surface area (Å²) in [6.07, 6.45) is 0. The van der Waals surface area contributed by atoms with E-state index in [4.69, 9.17) is 13.1 Å². The van der Waals surface area contributed by atoms with E-state index in [-0.39, 0.29) is 5.92 Å². The van der Waals surface area contributed by atoms with Crippen molar-refractivity contribution in [3.8, 4) is 11.1 Å². The lowest BCUT2D eigenvalue weighted by Crippen LogP contribution is -2.22. The van der Waals surface area contributed by atoms with Gasteiger partial charge in [-0.1, -0.05) is 97.1 Å². The number of hydrogen-bond donors (Lipinski definition) is 0. The molecule has 0 bridgehead atoms. The van der Waals surface area contributed by atoms with Crippen molar-refractivity contribution in [1.29, 1.82) is 0 Å². The van der Waals surface area contributed by atoms with Gasteiger partial charge in [0.2, 0.25) is 0 Å². The Morgan fingerprint density at radius 2 is 1.06 bits per heavy atom. The molecule has 0 spiro atoms. The first-order chi connectivity index (χ1) is 17.8. The fourth-order valence-electron chi connectivity index (χ4n) is 5.14. The quantitative estimate of drug-likeness (QED) is 0.240. The van der Waals surface area contributed by atoms with E-state index in [1.54, 1.807) is 6.07 Å². The Balaban J connectivity index is 1.48. The lowest BCUT2D eigenvalue weighted by Gasteiger charge is -2.38. The van der Waals surface area contributed by atoms with E-state index in [1.807, 2.05) is 12.1 Å². The zero-order chi connectivity index (χ0) is 24.5. The molecule has 0 radical (unpaired) electrons. The van der Waals surface area contributed by atoms with Crippen LogP contribution in [-0.2, 0) is 0 Å². The third kappa shape index (κ3) is 3.61.